The van der Waals surface area contributed by atoms with E-state index in [2.05, 4.69) is 37.9 Å². The van der Waals surface area contributed by atoms with E-state index in [4.69, 9.17) is 10.00 Å². The third-order valence-electron chi connectivity index (χ3n) is 3.74. The van der Waals surface area contributed by atoms with Gasteiger partial charge in [0.05, 0.1) is 17.4 Å². The number of halogens is 1. The highest BCUT2D eigenvalue weighted by Gasteiger charge is 2.07. The summed E-state index contributed by atoms with van der Waals surface area (Å²) in [5.74, 6) is 0.683. The van der Waals surface area contributed by atoms with Crippen molar-refractivity contribution in [1.29, 1.82) is 5.26 Å². The van der Waals surface area contributed by atoms with E-state index in [9.17, 15) is 0 Å². The van der Waals surface area contributed by atoms with E-state index in [1.165, 1.54) is 0 Å². The van der Waals surface area contributed by atoms with Crippen LogP contribution >= 0.6 is 15.9 Å². The van der Waals surface area contributed by atoms with Gasteiger partial charge in [-0.05, 0) is 49.4 Å². The number of pyridine rings is 1. The standard InChI is InChI=1S/C19H16BrN3O/c1-13(11-21)24-18-7-5-16(6-8-18)23(2)17-9-14-3-4-15(20)10-19(14)22-12-17/h3-10,12-13H,1-2H3. The van der Waals surface area contributed by atoms with Gasteiger partial charge in [-0.15, -0.1) is 0 Å². The molecule has 0 saturated heterocycles. The normalized spacial score (nSPS) is 11.8. The molecule has 0 N–H and O–H groups in total. The number of ether oxygens (including phenoxy) is 1. The summed E-state index contributed by atoms with van der Waals surface area (Å²) in [6.45, 7) is 1.72. The number of hydrogen-bond donors (Lipinski definition) is 0. The Labute approximate surface area is 149 Å². The quantitative estimate of drug-likeness (QED) is 0.633. The lowest BCUT2D eigenvalue weighted by Gasteiger charge is -2.20. The minimum absolute atomic E-state index is 0.461. The van der Waals surface area contributed by atoms with Crippen LogP contribution in [0.1, 0.15) is 6.92 Å². The van der Waals surface area contributed by atoms with Gasteiger partial charge in [-0.1, -0.05) is 22.0 Å². The molecular formula is C19H16BrN3O. The van der Waals surface area contributed by atoms with Crippen molar-refractivity contribution < 1.29 is 4.74 Å². The molecule has 0 saturated carbocycles. The van der Waals surface area contributed by atoms with Crippen LogP contribution < -0.4 is 9.64 Å². The van der Waals surface area contributed by atoms with Gasteiger partial charge in [0.15, 0.2) is 6.10 Å². The van der Waals surface area contributed by atoms with E-state index in [1.807, 2.05) is 55.7 Å². The van der Waals surface area contributed by atoms with Crippen molar-refractivity contribution in [2.45, 2.75) is 13.0 Å². The maximum absolute atomic E-state index is 8.80. The molecule has 0 radical (unpaired) electrons. The maximum Gasteiger partial charge on any atom is 0.181 e. The molecule has 1 heterocycles. The zero-order chi connectivity index (χ0) is 17.1. The van der Waals surface area contributed by atoms with Crippen LogP contribution in [0.3, 0.4) is 0 Å². The first-order chi connectivity index (χ1) is 11.6. The molecule has 120 valence electrons. The molecule has 0 spiro atoms. The molecule has 3 aromatic rings. The fourth-order valence-electron chi connectivity index (χ4n) is 2.39. The number of benzene rings is 2. The van der Waals surface area contributed by atoms with Crippen molar-refractivity contribution >= 4 is 38.2 Å². The highest BCUT2D eigenvalue weighted by atomic mass is 79.9. The maximum atomic E-state index is 8.80. The van der Waals surface area contributed by atoms with E-state index >= 15 is 0 Å². The molecule has 0 fully saturated rings. The SMILES string of the molecule is CC(C#N)Oc1ccc(N(C)c2cnc3cc(Br)ccc3c2)cc1. The Hall–Kier alpha value is -2.58. The number of nitriles is 1. The Bertz CT molecular complexity index is 903. The van der Waals surface area contributed by atoms with Gasteiger partial charge in [0, 0.05) is 22.6 Å². The molecule has 0 bridgehead atoms. The molecule has 24 heavy (non-hydrogen) atoms. The zero-order valence-electron chi connectivity index (χ0n) is 13.4. The molecule has 0 aliphatic heterocycles. The Kier molecular flexibility index (Phi) is 4.68. The van der Waals surface area contributed by atoms with E-state index < -0.39 is 6.10 Å². The summed E-state index contributed by atoms with van der Waals surface area (Å²) in [7, 11) is 2.00. The molecular weight excluding hydrogens is 366 g/mol. The van der Waals surface area contributed by atoms with Crippen LogP contribution in [-0.4, -0.2) is 18.1 Å². The summed E-state index contributed by atoms with van der Waals surface area (Å²) in [5, 5.41) is 9.89. The van der Waals surface area contributed by atoms with Crippen molar-refractivity contribution in [2.75, 3.05) is 11.9 Å². The van der Waals surface area contributed by atoms with Crippen molar-refractivity contribution in [1.82, 2.24) is 4.98 Å². The second-order valence-electron chi connectivity index (χ2n) is 5.47. The highest BCUT2D eigenvalue weighted by molar-refractivity contribution is 9.10. The summed E-state index contributed by atoms with van der Waals surface area (Å²) in [6, 6.07) is 17.9. The molecule has 1 aromatic heterocycles. The van der Waals surface area contributed by atoms with Gasteiger partial charge in [0.2, 0.25) is 0 Å². The number of rotatable bonds is 4. The molecule has 0 aliphatic rings. The van der Waals surface area contributed by atoms with Gasteiger partial charge in [-0.2, -0.15) is 5.26 Å². The van der Waals surface area contributed by atoms with Gasteiger partial charge in [0.25, 0.3) is 0 Å². The second kappa shape index (κ2) is 6.90. The molecule has 5 heteroatoms. The average Bonchev–Trinajstić information content (AvgIpc) is 2.61. The Morgan fingerprint density at radius 2 is 1.88 bits per heavy atom. The first-order valence-corrected chi connectivity index (χ1v) is 8.31. The van der Waals surface area contributed by atoms with Crippen LogP contribution in [0.25, 0.3) is 10.9 Å². The van der Waals surface area contributed by atoms with Gasteiger partial charge in [0.1, 0.15) is 11.8 Å². The van der Waals surface area contributed by atoms with Crippen molar-refractivity contribution in [3.63, 3.8) is 0 Å². The van der Waals surface area contributed by atoms with Crippen molar-refractivity contribution in [3.05, 3.63) is 59.2 Å². The Balaban J connectivity index is 1.84. The predicted molar refractivity (Wildman–Crippen MR) is 99.7 cm³/mol. The molecule has 0 amide bonds. The number of aromatic nitrogens is 1. The molecule has 1 unspecified atom stereocenters. The summed E-state index contributed by atoms with van der Waals surface area (Å²) in [6.07, 6.45) is 1.40. The van der Waals surface area contributed by atoms with Crippen LogP contribution in [-0.2, 0) is 0 Å². The van der Waals surface area contributed by atoms with Gasteiger partial charge >= 0.3 is 0 Å². The van der Waals surface area contributed by atoms with Crippen LogP contribution in [0.4, 0.5) is 11.4 Å². The van der Waals surface area contributed by atoms with E-state index in [0.29, 0.717) is 5.75 Å². The summed E-state index contributed by atoms with van der Waals surface area (Å²) in [5.41, 5.74) is 2.98. The molecule has 4 nitrogen and oxygen atoms in total. The van der Waals surface area contributed by atoms with E-state index in [-0.39, 0.29) is 0 Å². The first-order valence-electron chi connectivity index (χ1n) is 7.52. The van der Waals surface area contributed by atoms with Crippen molar-refractivity contribution in [3.8, 4) is 11.8 Å². The third-order valence-corrected chi connectivity index (χ3v) is 4.23. The Morgan fingerprint density at radius 3 is 2.58 bits per heavy atom. The predicted octanol–water partition coefficient (Wildman–Crippen LogP) is 5.06. The van der Waals surface area contributed by atoms with Crippen LogP contribution in [0.5, 0.6) is 5.75 Å². The van der Waals surface area contributed by atoms with Crippen LogP contribution in [0.15, 0.2) is 59.2 Å². The fraction of sp³-hybridized carbons (Fsp3) is 0.158. The number of fused-ring (bicyclic) bond motifs is 1. The van der Waals surface area contributed by atoms with Crippen LogP contribution in [0.2, 0.25) is 0 Å². The lowest BCUT2D eigenvalue weighted by atomic mass is 10.2. The Morgan fingerprint density at radius 1 is 1.12 bits per heavy atom. The van der Waals surface area contributed by atoms with Gasteiger partial charge < -0.3 is 9.64 Å². The zero-order valence-corrected chi connectivity index (χ0v) is 15.0. The summed E-state index contributed by atoms with van der Waals surface area (Å²) < 4.78 is 6.50. The minimum atomic E-state index is -0.461. The molecule has 0 aliphatic carbocycles. The van der Waals surface area contributed by atoms with Gasteiger partial charge in [-0.25, -0.2) is 0 Å². The third kappa shape index (κ3) is 3.50. The van der Waals surface area contributed by atoms with Crippen LogP contribution in [0, 0.1) is 11.3 Å². The van der Waals surface area contributed by atoms with Gasteiger partial charge in [-0.3, -0.25) is 4.98 Å². The molecule has 3 rings (SSSR count). The monoisotopic (exact) mass is 381 g/mol. The minimum Gasteiger partial charge on any atom is -0.476 e. The highest BCUT2D eigenvalue weighted by Crippen LogP contribution is 2.28. The van der Waals surface area contributed by atoms with Crippen molar-refractivity contribution in [2.24, 2.45) is 0 Å². The lowest BCUT2D eigenvalue weighted by molar-refractivity contribution is 0.276. The molecule has 2 aromatic carbocycles. The fourth-order valence-corrected chi connectivity index (χ4v) is 2.74. The topological polar surface area (TPSA) is 49.1 Å². The number of nitrogens with zero attached hydrogens (tertiary/aromatic N) is 3. The second-order valence-corrected chi connectivity index (χ2v) is 6.39. The largest absolute Gasteiger partial charge is 0.476 e. The molecule has 1 atom stereocenters. The summed E-state index contributed by atoms with van der Waals surface area (Å²) >= 11 is 3.46. The summed E-state index contributed by atoms with van der Waals surface area (Å²) in [4.78, 5) is 6.59. The smallest absolute Gasteiger partial charge is 0.181 e. The number of hydrogen-bond acceptors (Lipinski definition) is 4. The lowest BCUT2D eigenvalue weighted by Crippen LogP contribution is -2.10. The van der Waals surface area contributed by atoms with E-state index in [1.54, 1.807) is 6.92 Å². The average molecular weight is 382 g/mol. The first kappa shape index (κ1) is 16.3. The van der Waals surface area contributed by atoms with E-state index in [0.717, 1.165) is 26.8 Å². The number of anilines is 2.